The molecule has 8 nitrogen and oxygen atoms in total. The third kappa shape index (κ3) is 5.55. The van der Waals surface area contributed by atoms with E-state index in [0.717, 1.165) is 16.4 Å². The molecule has 0 spiro atoms. The van der Waals surface area contributed by atoms with Gasteiger partial charge < -0.3 is 19.3 Å². The number of nitrogens with zero attached hydrogens (tertiary/aromatic N) is 3. The van der Waals surface area contributed by atoms with Gasteiger partial charge in [0, 0.05) is 45.0 Å². The number of anilines is 1. The van der Waals surface area contributed by atoms with Crippen LogP contribution in [0, 0.1) is 0 Å². The second-order valence-electron chi connectivity index (χ2n) is 7.69. The molecule has 0 aromatic heterocycles. The van der Waals surface area contributed by atoms with Gasteiger partial charge in [0.2, 0.25) is 15.9 Å². The molecular formula is C22H26F3N3O5S. The van der Waals surface area contributed by atoms with Gasteiger partial charge in [0.15, 0.2) is 11.5 Å². The minimum absolute atomic E-state index is 0.0465. The largest absolute Gasteiger partial charge is 0.493 e. The molecule has 1 aliphatic rings. The maximum atomic E-state index is 13.0. The Labute approximate surface area is 196 Å². The van der Waals surface area contributed by atoms with Gasteiger partial charge in [0.1, 0.15) is 0 Å². The number of likely N-dealkylation sites (N-methyl/N-ethyl adjacent to an activating group) is 1. The molecule has 1 amide bonds. The van der Waals surface area contributed by atoms with Crippen LogP contribution in [-0.4, -0.2) is 77.5 Å². The van der Waals surface area contributed by atoms with Gasteiger partial charge in [-0.1, -0.05) is 6.07 Å². The molecule has 0 bridgehead atoms. The molecule has 0 saturated carbocycles. The lowest BCUT2D eigenvalue weighted by Crippen LogP contribution is -2.51. The van der Waals surface area contributed by atoms with Gasteiger partial charge >= 0.3 is 6.18 Å². The first-order valence-corrected chi connectivity index (χ1v) is 11.8. The Balaban J connectivity index is 1.63. The van der Waals surface area contributed by atoms with E-state index < -0.39 is 27.7 Å². The zero-order chi connectivity index (χ0) is 25.1. The molecule has 0 N–H and O–H groups in total. The van der Waals surface area contributed by atoms with E-state index in [-0.39, 0.29) is 30.3 Å². The van der Waals surface area contributed by atoms with E-state index in [1.165, 1.54) is 50.4 Å². The molecule has 34 heavy (non-hydrogen) atoms. The van der Waals surface area contributed by atoms with Gasteiger partial charge in [0.25, 0.3) is 0 Å². The number of sulfonamides is 1. The second-order valence-corrected chi connectivity index (χ2v) is 9.74. The number of piperazine rings is 1. The molecule has 186 valence electrons. The van der Waals surface area contributed by atoms with Crippen molar-refractivity contribution in [2.45, 2.75) is 11.1 Å². The van der Waals surface area contributed by atoms with Crippen molar-refractivity contribution in [2.24, 2.45) is 0 Å². The van der Waals surface area contributed by atoms with Crippen molar-refractivity contribution < 1.29 is 35.9 Å². The summed E-state index contributed by atoms with van der Waals surface area (Å²) in [6.45, 7) is 0.817. The molecule has 0 aliphatic carbocycles. The lowest BCUT2D eigenvalue weighted by Gasteiger charge is -2.36. The highest BCUT2D eigenvalue weighted by Crippen LogP contribution is 2.32. The Bertz CT molecular complexity index is 1130. The van der Waals surface area contributed by atoms with E-state index in [4.69, 9.17) is 9.47 Å². The fourth-order valence-electron chi connectivity index (χ4n) is 3.63. The van der Waals surface area contributed by atoms with Crippen molar-refractivity contribution in [3.63, 3.8) is 0 Å². The first kappa shape index (κ1) is 25.6. The van der Waals surface area contributed by atoms with Crippen LogP contribution in [0.4, 0.5) is 18.9 Å². The monoisotopic (exact) mass is 501 g/mol. The predicted octanol–water partition coefficient (Wildman–Crippen LogP) is 2.69. The molecule has 12 heteroatoms. The molecule has 2 aromatic carbocycles. The summed E-state index contributed by atoms with van der Waals surface area (Å²) in [7, 11) is 0.162. The molecule has 1 heterocycles. The van der Waals surface area contributed by atoms with Crippen molar-refractivity contribution in [1.29, 1.82) is 0 Å². The molecule has 0 radical (unpaired) electrons. The molecule has 0 atom stereocenters. The Morgan fingerprint density at radius 3 is 2.24 bits per heavy atom. The highest BCUT2D eigenvalue weighted by atomic mass is 32.2. The number of ether oxygens (including phenoxy) is 2. The van der Waals surface area contributed by atoms with Gasteiger partial charge in [-0.15, -0.1) is 0 Å². The summed E-state index contributed by atoms with van der Waals surface area (Å²) < 4.78 is 76.0. The molecule has 1 saturated heterocycles. The molecular weight excluding hydrogens is 475 g/mol. The Hall–Kier alpha value is -2.99. The van der Waals surface area contributed by atoms with Crippen LogP contribution in [0.3, 0.4) is 0 Å². The standard InChI is InChI=1S/C22H26F3N3O5S/c1-26(34(30,31)18-7-8-19(32-2)20(14-18)33-3)15-21(29)28-11-9-27(10-12-28)17-6-4-5-16(13-17)22(23,24)25/h4-8,13-14H,9-12,15H2,1-3H3. The molecule has 1 fully saturated rings. The van der Waals surface area contributed by atoms with Crippen molar-refractivity contribution >= 4 is 21.6 Å². The predicted molar refractivity (Wildman–Crippen MR) is 120 cm³/mol. The number of amides is 1. The zero-order valence-electron chi connectivity index (χ0n) is 19.0. The number of methoxy groups -OCH3 is 2. The van der Waals surface area contributed by atoms with E-state index in [0.29, 0.717) is 24.5 Å². The highest BCUT2D eigenvalue weighted by Gasteiger charge is 2.32. The fraction of sp³-hybridized carbons (Fsp3) is 0.409. The van der Waals surface area contributed by atoms with E-state index in [1.807, 2.05) is 0 Å². The van der Waals surface area contributed by atoms with Crippen molar-refractivity contribution in [3.8, 4) is 11.5 Å². The Morgan fingerprint density at radius 1 is 1.00 bits per heavy atom. The maximum absolute atomic E-state index is 13.0. The fourth-order valence-corrected chi connectivity index (χ4v) is 4.76. The summed E-state index contributed by atoms with van der Waals surface area (Å²) in [5, 5.41) is 0. The van der Waals surface area contributed by atoms with Gasteiger partial charge in [-0.05, 0) is 30.3 Å². The number of hydrogen-bond acceptors (Lipinski definition) is 6. The van der Waals surface area contributed by atoms with Gasteiger partial charge in [0.05, 0.1) is 31.2 Å². The number of alkyl halides is 3. The first-order valence-electron chi connectivity index (χ1n) is 10.4. The average Bonchev–Trinajstić information content (AvgIpc) is 2.83. The van der Waals surface area contributed by atoms with Gasteiger partial charge in [-0.3, -0.25) is 4.79 Å². The van der Waals surface area contributed by atoms with Crippen LogP contribution in [-0.2, 0) is 21.0 Å². The van der Waals surface area contributed by atoms with Gasteiger partial charge in [-0.2, -0.15) is 17.5 Å². The molecule has 2 aromatic rings. The van der Waals surface area contributed by atoms with Crippen molar-refractivity contribution in [2.75, 3.05) is 58.9 Å². The zero-order valence-corrected chi connectivity index (χ0v) is 19.8. The third-order valence-electron chi connectivity index (χ3n) is 5.59. The van der Waals surface area contributed by atoms with Crippen LogP contribution >= 0.6 is 0 Å². The smallest absolute Gasteiger partial charge is 0.416 e. The lowest BCUT2D eigenvalue weighted by molar-refractivity contribution is -0.137. The number of halogens is 3. The van der Waals surface area contributed by atoms with E-state index >= 15 is 0 Å². The minimum atomic E-state index is -4.43. The number of carbonyl (C=O) groups is 1. The average molecular weight is 502 g/mol. The normalized spacial score (nSPS) is 14.9. The number of hydrogen-bond donors (Lipinski definition) is 0. The van der Waals surface area contributed by atoms with Crippen LogP contribution in [0.15, 0.2) is 47.4 Å². The Morgan fingerprint density at radius 2 is 1.65 bits per heavy atom. The summed E-state index contributed by atoms with van der Waals surface area (Å²) in [5.74, 6) is 0.225. The lowest BCUT2D eigenvalue weighted by atomic mass is 10.1. The minimum Gasteiger partial charge on any atom is -0.493 e. The molecule has 0 unspecified atom stereocenters. The number of carbonyl (C=O) groups excluding carboxylic acids is 1. The van der Waals surface area contributed by atoms with Crippen LogP contribution in [0.2, 0.25) is 0 Å². The van der Waals surface area contributed by atoms with E-state index in [9.17, 15) is 26.4 Å². The van der Waals surface area contributed by atoms with Crippen LogP contribution in [0.5, 0.6) is 11.5 Å². The van der Waals surface area contributed by atoms with Crippen molar-refractivity contribution in [1.82, 2.24) is 9.21 Å². The van der Waals surface area contributed by atoms with Gasteiger partial charge in [-0.25, -0.2) is 8.42 Å². The first-order chi connectivity index (χ1) is 16.0. The topological polar surface area (TPSA) is 79.4 Å². The third-order valence-corrected chi connectivity index (χ3v) is 7.39. The number of rotatable bonds is 7. The van der Waals surface area contributed by atoms with Crippen LogP contribution in [0.25, 0.3) is 0 Å². The summed E-state index contributed by atoms with van der Waals surface area (Å²) in [6, 6.07) is 9.20. The second kappa shape index (κ2) is 10.1. The summed E-state index contributed by atoms with van der Waals surface area (Å²) in [4.78, 5) is 16.0. The van der Waals surface area contributed by atoms with Crippen LogP contribution < -0.4 is 14.4 Å². The maximum Gasteiger partial charge on any atom is 0.416 e. The van der Waals surface area contributed by atoms with Crippen molar-refractivity contribution in [3.05, 3.63) is 48.0 Å². The summed E-state index contributed by atoms with van der Waals surface area (Å²) in [5.41, 5.74) is -0.305. The summed E-state index contributed by atoms with van der Waals surface area (Å²) in [6.07, 6.45) is -4.43. The van der Waals surface area contributed by atoms with E-state index in [2.05, 4.69) is 0 Å². The molecule has 3 rings (SSSR count). The van der Waals surface area contributed by atoms with E-state index in [1.54, 1.807) is 11.0 Å². The summed E-state index contributed by atoms with van der Waals surface area (Å²) >= 11 is 0. The quantitative estimate of drug-likeness (QED) is 0.581. The molecule has 1 aliphatic heterocycles. The number of benzene rings is 2. The van der Waals surface area contributed by atoms with Crippen LogP contribution in [0.1, 0.15) is 5.56 Å². The highest BCUT2D eigenvalue weighted by molar-refractivity contribution is 7.89. The Kier molecular flexibility index (Phi) is 7.61. The SMILES string of the molecule is COc1ccc(S(=O)(=O)N(C)CC(=O)N2CCN(c3cccc(C(F)(F)F)c3)CC2)cc1OC.